The summed E-state index contributed by atoms with van der Waals surface area (Å²) in [5, 5.41) is 14.0. The van der Waals surface area contributed by atoms with Crippen LogP contribution < -0.4 is 15.6 Å². The van der Waals surface area contributed by atoms with E-state index in [0.717, 1.165) is 50.6 Å². The minimum absolute atomic E-state index is 0.148. The van der Waals surface area contributed by atoms with Gasteiger partial charge in [-0.25, -0.2) is 9.78 Å². The van der Waals surface area contributed by atoms with Crippen molar-refractivity contribution in [1.82, 2.24) is 19.1 Å². The number of unbranched alkanes of at least 4 members (excludes halogenated alkanes) is 10. The summed E-state index contributed by atoms with van der Waals surface area (Å²) in [5.74, 6) is -0.0378. The molecule has 5 rings (SSSR count). The van der Waals surface area contributed by atoms with E-state index in [1.165, 1.54) is 50.0 Å². The van der Waals surface area contributed by atoms with Gasteiger partial charge < -0.3 is 24.1 Å². The molecule has 0 fully saturated rings. The fourth-order valence-electron chi connectivity index (χ4n) is 8.03. The minimum atomic E-state index is -1.31. The van der Waals surface area contributed by atoms with E-state index in [2.05, 4.69) is 36.4 Å². The highest BCUT2D eigenvalue weighted by Crippen LogP contribution is 2.34. The van der Waals surface area contributed by atoms with E-state index in [4.69, 9.17) is 30.8 Å². The summed E-state index contributed by atoms with van der Waals surface area (Å²) < 4.78 is 21.2. The number of esters is 1. The number of anilines is 1. The van der Waals surface area contributed by atoms with Gasteiger partial charge in [-0.05, 0) is 69.4 Å². The number of hydrogen-bond donors (Lipinski definition) is 1. The Morgan fingerprint density at radius 2 is 1.57 bits per heavy atom. The van der Waals surface area contributed by atoms with Crippen LogP contribution in [0.4, 0.5) is 5.69 Å². The molecular formula is C49H70ClN7O6. The minimum Gasteiger partial charge on any atom is -0.491 e. The van der Waals surface area contributed by atoms with E-state index >= 15 is 4.79 Å². The second kappa shape index (κ2) is 26.1. The van der Waals surface area contributed by atoms with Gasteiger partial charge in [0.2, 0.25) is 0 Å². The zero-order valence-electron chi connectivity index (χ0n) is 38.2. The van der Waals surface area contributed by atoms with Gasteiger partial charge in [-0.1, -0.05) is 133 Å². The lowest BCUT2D eigenvalue weighted by Crippen LogP contribution is -2.45. The number of rotatable bonds is 29. The molecule has 0 bridgehead atoms. The first-order valence-corrected chi connectivity index (χ1v) is 23.9. The van der Waals surface area contributed by atoms with E-state index in [1.807, 2.05) is 34.9 Å². The van der Waals surface area contributed by atoms with Crippen molar-refractivity contribution in [3.63, 3.8) is 0 Å². The molecule has 0 radical (unpaired) electrons. The number of nitrogens with zero attached hydrogens (tertiary/aromatic N) is 6. The van der Waals surface area contributed by atoms with Crippen LogP contribution in [0.1, 0.15) is 143 Å². The maximum atomic E-state index is 15.0. The first-order valence-electron chi connectivity index (χ1n) is 23.5. The van der Waals surface area contributed by atoms with Gasteiger partial charge in [0, 0.05) is 42.9 Å². The van der Waals surface area contributed by atoms with Crippen molar-refractivity contribution < 1.29 is 23.8 Å². The van der Waals surface area contributed by atoms with Gasteiger partial charge in [0.1, 0.15) is 11.6 Å². The van der Waals surface area contributed by atoms with Crippen LogP contribution in [-0.2, 0) is 25.6 Å². The van der Waals surface area contributed by atoms with E-state index in [0.29, 0.717) is 59.5 Å². The molecule has 344 valence electrons. The summed E-state index contributed by atoms with van der Waals surface area (Å²) in [5.41, 5.74) is 1.30. The molecule has 2 aromatic heterocycles. The van der Waals surface area contributed by atoms with Crippen molar-refractivity contribution in [2.75, 3.05) is 31.7 Å². The Kier molecular flexibility index (Phi) is 20.4. The average Bonchev–Trinajstić information content (AvgIpc) is 3.89. The topological polar surface area (TPSA) is 142 Å². The quantitative estimate of drug-likeness (QED) is 0.0419. The first kappa shape index (κ1) is 49.3. The van der Waals surface area contributed by atoms with Crippen LogP contribution in [0.2, 0.25) is 5.02 Å². The number of benzene rings is 2. The molecule has 1 aliphatic heterocycles. The largest absolute Gasteiger partial charge is 0.491 e. The summed E-state index contributed by atoms with van der Waals surface area (Å²) in [6, 6.07) is 11.7. The molecule has 4 atom stereocenters. The summed E-state index contributed by atoms with van der Waals surface area (Å²) in [6.07, 6.45) is 20.5. The van der Waals surface area contributed by atoms with Crippen LogP contribution in [0.15, 0.2) is 76.1 Å². The third-order valence-electron chi connectivity index (χ3n) is 11.8. The van der Waals surface area contributed by atoms with Gasteiger partial charge in [0.15, 0.2) is 12.1 Å². The number of aromatic nitrogens is 3. The molecule has 1 amide bonds. The average molecular weight is 889 g/mol. The van der Waals surface area contributed by atoms with Gasteiger partial charge in [0.05, 0.1) is 35.8 Å². The first-order chi connectivity index (χ1) is 30.7. The molecule has 0 spiro atoms. The summed E-state index contributed by atoms with van der Waals surface area (Å²) >= 11 is 6.53. The zero-order valence-corrected chi connectivity index (χ0v) is 39.0. The number of hydrogen-bond acceptors (Lipinski definition) is 10. The fourth-order valence-corrected chi connectivity index (χ4v) is 8.20. The van der Waals surface area contributed by atoms with Crippen molar-refractivity contribution in [3.8, 4) is 11.4 Å². The van der Waals surface area contributed by atoms with Crippen LogP contribution >= 0.6 is 11.6 Å². The Labute approximate surface area is 378 Å². The molecule has 1 aliphatic rings. The molecule has 4 unspecified atom stereocenters. The molecule has 14 heteroatoms. The molecule has 3 heterocycles. The molecule has 13 nitrogen and oxygen atoms in total. The SMILES string of the molecule is CCCCCCCCCCCCOc1ccc(Cl)cc1NC(=O)C(c1nc2cn(-c3ccccc3)cc2c(=O)n1CCCOCC(CC)CCCC)N1N=NC(C(=O)OCC)C1C. The van der Waals surface area contributed by atoms with E-state index in [1.54, 1.807) is 49.0 Å². The van der Waals surface area contributed by atoms with E-state index in [-0.39, 0.29) is 24.5 Å². The number of ether oxygens (including phenoxy) is 3. The number of carbonyl (C=O) groups is 2. The lowest BCUT2D eigenvalue weighted by atomic mass is 10.0. The van der Waals surface area contributed by atoms with Gasteiger partial charge in [0.25, 0.3) is 11.5 Å². The molecular weight excluding hydrogens is 818 g/mol. The summed E-state index contributed by atoms with van der Waals surface area (Å²) in [6.45, 7) is 12.0. The second-order valence-electron chi connectivity index (χ2n) is 16.7. The van der Waals surface area contributed by atoms with Crippen molar-refractivity contribution in [2.24, 2.45) is 16.3 Å². The lowest BCUT2D eigenvalue weighted by Gasteiger charge is -2.30. The molecule has 2 aromatic carbocycles. The lowest BCUT2D eigenvalue weighted by molar-refractivity contribution is -0.145. The fraction of sp³-hybridized carbons (Fsp3) is 0.592. The molecule has 0 aliphatic carbocycles. The predicted octanol–water partition coefficient (Wildman–Crippen LogP) is 11.4. The van der Waals surface area contributed by atoms with E-state index in [9.17, 15) is 9.59 Å². The number of nitrogens with one attached hydrogen (secondary N) is 1. The van der Waals surface area contributed by atoms with E-state index < -0.39 is 30.0 Å². The molecule has 1 N–H and O–H groups in total. The number of halogens is 1. The third kappa shape index (κ3) is 14.1. The number of carbonyl (C=O) groups excluding carboxylic acids is 2. The molecule has 0 saturated heterocycles. The molecule has 63 heavy (non-hydrogen) atoms. The van der Waals surface area contributed by atoms with Gasteiger partial charge in [-0.3, -0.25) is 19.2 Å². The molecule has 4 aromatic rings. The maximum absolute atomic E-state index is 15.0. The highest BCUT2D eigenvalue weighted by molar-refractivity contribution is 6.31. The van der Waals surface area contributed by atoms with Gasteiger partial charge >= 0.3 is 5.97 Å². The van der Waals surface area contributed by atoms with Crippen LogP contribution in [0.3, 0.4) is 0 Å². The smallest absolute Gasteiger partial charge is 0.335 e. The third-order valence-corrected chi connectivity index (χ3v) is 12.0. The Balaban J connectivity index is 1.45. The van der Waals surface area contributed by atoms with Crippen LogP contribution in [0.25, 0.3) is 16.6 Å². The normalized spacial score (nSPS) is 15.8. The summed E-state index contributed by atoms with van der Waals surface area (Å²) in [4.78, 5) is 47.9. The Morgan fingerprint density at radius 3 is 2.27 bits per heavy atom. The van der Waals surface area contributed by atoms with Gasteiger partial charge in [-0.15, -0.1) is 0 Å². The van der Waals surface area contributed by atoms with Crippen LogP contribution in [0.5, 0.6) is 5.75 Å². The number of amides is 1. The number of para-hydroxylation sites is 1. The predicted molar refractivity (Wildman–Crippen MR) is 251 cm³/mol. The summed E-state index contributed by atoms with van der Waals surface area (Å²) in [7, 11) is 0. The van der Waals surface area contributed by atoms with Gasteiger partial charge in [-0.2, -0.15) is 5.11 Å². The highest BCUT2D eigenvalue weighted by Gasteiger charge is 2.44. The van der Waals surface area contributed by atoms with Crippen LogP contribution in [0, 0.1) is 5.92 Å². The Bertz CT molecular complexity index is 2110. The van der Waals surface area contributed by atoms with Crippen molar-refractivity contribution >= 4 is 40.1 Å². The Hall–Kier alpha value is -4.75. The maximum Gasteiger partial charge on any atom is 0.335 e. The van der Waals surface area contributed by atoms with Crippen molar-refractivity contribution in [3.05, 3.63) is 82.1 Å². The highest BCUT2D eigenvalue weighted by atomic mass is 35.5. The van der Waals surface area contributed by atoms with Crippen molar-refractivity contribution in [1.29, 1.82) is 0 Å². The standard InChI is InChI=1S/C49H70ClN7O6/c1-6-10-12-13-14-15-16-17-18-22-31-63-43-28-27-38(50)32-41(43)52-47(58)45(57-36(5)44(53-54-57)49(60)62-9-4)46-51-42-34-55(39-25-20-19-21-26-39)33-40(42)48(59)56(46)29-23-30-61-35-37(8-3)24-11-7-2/h19-21,25-28,32-34,36-37,44-45H,6-18,22-24,29-31,35H2,1-5H3,(H,52,58). The van der Waals surface area contributed by atoms with Crippen molar-refractivity contribution in [2.45, 2.75) is 156 Å². The monoisotopic (exact) mass is 888 g/mol. The zero-order chi connectivity index (χ0) is 45.0. The number of fused-ring (bicyclic) bond motifs is 1. The molecule has 0 saturated carbocycles. The van der Waals surface area contributed by atoms with Crippen LogP contribution in [-0.4, -0.2) is 69.5 Å². The Morgan fingerprint density at radius 1 is 0.857 bits per heavy atom. The second-order valence-corrected chi connectivity index (χ2v) is 17.1.